The third-order valence-electron chi connectivity index (χ3n) is 7.60. The van der Waals surface area contributed by atoms with E-state index in [4.69, 9.17) is 18.9 Å². The molecule has 0 bridgehead atoms. The van der Waals surface area contributed by atoms with Gasteiger partial charge in [0.05, 0.1) is 40.3 Å². The van der Waals surface area contributed by atoms with E-state index in [9.17, 15) is 9.59 Å². The number of amides is 1. The molecule has 41 heavy (non-hydrogen) atoms. The van der Waals surface area contributed by atoms with Crippen LogP contribution >= 0.6 is 0 Å². The van der Waals surface area contributed by atoms with Crippen LogP contribution < -0.4 is 29.6 Å². The fourth-order valence-corrected chi connectivity index (χ4v) is 5.69. The lowest BCUT2D eigenvalue weighted by Gasteiger charge is -2.37. The Morgan fingerprint density at radius 1 is 0.927 bits per heavy atom. The van der Waals surface area contributed by atoms with Crippen LogP contribution in [0.2, 0.25) is 0 Å². The first-order valence-corrected chi connectivity index (χ1v) is 13.3. The summed E-state index contributed by atoms with van der Waals surface area (Å²) in [5.74, 6) is 1.02. The largest absolute Gasteiger partial charge is 0.497 e. The number of methoxy groups -OCH3 is 4. The minimum absolute atomic E-state index is 0.0150. The highest BCUT2D eigenvalue weighted by Gasteiger charge is 2.41. The molecule has 2 atom stereocenters. The van der Waals surface area contributed by atoms with Gasteiger partial charge in [0.25, 0.3) is 5.91 Å². The molecule has 2 aliphatic rings. The Kier molecular flexibility index (Phi) is 7.96. The van der Waals surface area contributed by atoms with E-state index in [0.717, 1.165) is 17.0 Å². The van der Waals surface area contributed by atoms with E-state index in [1.54, 1.807) is 43.8 Å². The van der Waals surface area contributed by atoms with Crippen molar-refractivity contribution < 1.29 is 28.5 Å². The second-order valence-corrected chi connectivity index (χ2v) is 9.94. The predicted octanol–water partition coefficient (Wildman–Crippen LogP) is 5.12. The van der Waals surface area contributed by atoms with Crippen LogP contribution in [0.5, 0.6) is 23.0 Å². The zero-order valence-electron chi connectivity index (χ0n) is 23.7. The normalized spacial score (nSPS) is 18.3. The Balaban J connectivity index is 1.62. The second kappa shape index (κ2) is 11.8. The van der Waals surface area contributed by atoms with Gasteiger partial charge in [0.1, 0.15) is 5.75 Å². The first kappa shape index (κ1) is 27.8. The topological polar surface area (TPSA) is 108 Å². The number of aromatic nitrogens is 1. The maximum absolute atomic E-state index is 14.0. The molecule has 0 radical (unpaired) electrons. The number of rotatable bonds is 8. The Hall–Kier alpha value is -4.79. The summed E-state index contributed by atoms with van der Waals surface area (Å²) in [7, 11) is 6.24. The van der Waals surface area contributed by atoms with Crippen LogP contribution in [0.4, 0.5) is 5.69 Å². The molecule has 9 nitrogen and oxygen atoms in total. The number of pyridine rings is 1. The van der Waals surface area contributed by atoms with E-state index < -0.39 is 5.92 Å². The first-order chi connectivity index (χ1) is 19.9. The molecule has 2 N–H and O–H groups in total. The molecule has 1 amide bonds. The summed E-state index contributed by atoms with van der Waals surface area (Å²) in [5, 5.41) is 6.36. The van der Waals surface area contributed by atoms with Gasteiger partial charge >= 0.3 is 0 Å². The molecule has 1 aliphatic heterocycles. The summed E-state index contributed by atoms with van der Waals surface area (Å²) >= 11 is 0. The first-order valence-electron chi connectivity index (χ1n) is 13.3. The summed E-state index contributed by atoms with van der Waals surface area (Å²) in [4.78, 5) is 32.0. The van der Waals surface area contributed by atoms with Gasteiger partial charge in [0.2, 0.25) is 5.75 Å². The number of allylic oxidation sites excluding steroid dienone is 3. The molecular formula is C32H33N3O6. The summed E-state index contributed by atoms with van der Waals surface area (Å²) in [6, 6.07) is 14.9. The molecule has 1 aromatic heterocycles. The van der Waals surface area contributed by atoms with Gasteiger partial charge in [-0.05, 0) is 66.8 Å². The Labute approximate surface area is 239 Å². The number of carbonyl (C=O) groups is 2. The van der Waals surface area contributed by atoms with Gasteiger partial charge in [-0.3, -0.25) is 14.6 Å². The molecule has 2 heterocycles. The molecule has 0 saturated heterocycles. The van der Waals surface area contributed by atoms with Crippen molar-refractivity contribution in [1.82, 2.24) is 10.3 Å². The lowest BCUT2D eigenvalue weighted by Crippen LogP contribution is -2.37. The number of ketones is 1. The van der Waals surface area contributed by atoms with Gasteiger partial charge in [-0.15, -0.1) is 0 Å². The highest BCUT2D eigenvalue weighted by molar-refractivity contribution is 6.10. The highest BCUT2D eigenvalue weighted by Crippen LogP contribution is 2.49. The fraction of sp³-hybridized carbons (Fsp3) is 0.281. The second-order valence-electron chi connectivity index (χ2n) is 9.94. The van der Waals surface area contributed by atoms with Crippen LogP contribution in [0.15, 0.2) is 83.5 Å². The smallest absolute Gasteiger partial charge is 0.254 e. The van der Waals surface area contributed by atoms with Crippen LogP contribution in [-0.4, -0.2) is 45.1 Å². The predicted molar refractivity (Wildman–Crippen MR) is 155 cm³/mol. The number of carbonyl (C=O) groups excluding carboxylic acids is 2. The molecule has 1 aliphatic carbocycles. The number of nitrogens with one attached hydrogen (secondary N) is 2. The number of dihydropyridines is 1. The van der Waals surface area contributed by atoms with Crippen LogP contribution in [0.25, 0.3) is 0 Å². The van der Waals surface area contributed by atoms with Gasteiger partial charge in [-0.1, -0.05) is 12.1 Å². The van der Waals surface area contributed by atoms with E-state index in [1.165, 1.54) is 21.3 Å². The molecule has 0 fully saturated rings. The molecule has 2 unspecified atom stereocenters. The molecule has 212 valence electrons. The fourth-order valence-electron chi connectivity index (χ4n) is 5.69. The summed E-state index contributed by atoms with van der Waals surface area (Å²) < 4.78 is 22.1. The standard InChI is InChI=1S/C32H33N3O6/c1-18-28(32(37)35-22-7-6-12-33-17-22)29(21-15-26(39-3)31(41-5)27(16-21)40-4)30-24(34-18)13-20(14-25(30)36)19-8-10-23(38-2)11-9-19/h6-12,15-17,20,29,34H,13-14H2,1-5H3,(H,35,37). The van der Waals surface area contributed by atoms with Crippen molar-refractivity contribution in [2.24, 2.45) is 0 Å². The van der Waals surface area contributed by atoms with E-state index in [0.29, 0.717) is 58.2 Å². The van der Waals surface area contributed by atoms with E-state index in [-0.39, 0.29) is 17.6 Å². The van der Waals surface area contributed by atoms with Crippen molar-refractivity contribution in [2.75, 3.05) is 33.8 Å². The lowest BCUT2D eigenvalue weighted by molar-refractivity contribution is -0.116. The summed E-state index contributed by atoms with van der Waals surface area (Å²) in [5.41, 5.74) is 4.74. The zero-order chi connectivity index (χ0) is 29.1. The third kappa shape index (κ3) is 5.35. The zero-order valence-corrected chi connectivity index (χ0v) is 23.7. The SMILES string of the molecule is COc1ccc(C2CC(=O)C3=C(C2)NC(C)=C(C(=O)Nc2cccnc2)C3c2cc(OC)c(OC)c(OC)c2)cc1. The van der Waals surface area contributed by atoms with Crippen molar-refractivity contribution in [3.8, 4) is 23.0 Å². The van der Waals surface area contributed by atoms with Crippen molar-refractivity contribution in [1.29, 1.82) is 0 Å². The third-order valence-corrected chi connectivity index (χ3v) is 7.60. The summed E-state index contributed by atoms with van der Waals surface area (Å²) in [6.45, 7) is 1.86. The van der Waals surface area contributed by atoms with Gasteiger partial charge < -0.3 is 29.6 Å². The molecule has 0 spiro atoms. The van der Waals surface area contributed by atoms with Crippen LogP contribution in [-0.2, 0) is 9.59 Å². The number of ether oxygens (including phenoxy) is 4. The molecular weight excluding hydrogens is 522 g/mol. The molecule has 2 aromatic carbocycles. The molecule has 3 aromatic rings. The highest BCUT2D eigenvalue weighted by atomic mass is 16.5. The minimum Gasteiger partial charge on any atom is -0.497 e. The molecule has 5 rings (SSSR count). The van der Waals surface area contributed by atoms with Crippen LogP contribution in [0.3, 0.4) is 0 Å². The molecule has 9 heteroatoms. The Morgan fingerprint density at radius 3 is 2.22 bits per heavy atom. The van der Waals surface area contributed by atoms with Gasteiger partial charge in [-0.2, -0.15) is 0 Å². The van der Waals surface area contributed by atoms with Crippen molar-refractivity contribution >= 4 is 17.4 Å². The van der Waals surface area contributed by atoms with Crippen LogP contribution in [0, 0.1) is 0 Å². The average Bonchev–Trinajstić information content (AvgIpc) is 2.99. The number of nitrogens with zero attached hydrogens (tertiary/aromatic N) is 1. The lowest BCUT2D eigenvalue weighted by atomic mass is 9.71. The van der Waals surface area contributed by atoms with E-state index in [1.807, 2.05) is 31.2 Å². The van der Waals surface area contributed by atoms with E-state index in [2.05, 4.69) is 15.6 Å². The van der Waals surface area contributed by atoms with Crippen LogP contribution in [0.1, 0.15) is 42.7 Å². The Morgan fingerprint density at radius 2 is 1.63 bits per heavy atom. The van der Waals surface area contributed by atoms with Crippen molar-refractivity contribution in [2.45, 2.75) is 31.6 Å². The number of Topliss-reactive ketones (excluding diaryl/α,β-unsaturated/α-hetero) is 1. The number of benzene rings is 2. The average molecular weight is 556 g/mol. The molecule has 0 saturated carbocycles. The van der Waals surface area contributed by atoms with E-state index >= 15 is 0 Å². The number of hydrogen-bond donors (Lipinski definition) is 2. The quantitative estimate of drug-likeness (QED) is 0.395. The van der Waals surface area contributed by atoms with Crippen molar-refractivity contribution in [3.05, 3.63) is 94.6 Å². The summed E-state index contributed by atoms with van der Waals surface area (Å²) in [6.07, 6.45) is 4.14. The monoisotopic (exact) mass is 555 g/mol. The minimum atomic E-state index is -0.666. The Bertz CT molecular complexity index is 1500. The number of hydrogen-bond acceptors (Lipinski definition) is 8. The van der Waals surface area contributed by atoms with Gasteiger partial charge in [-0.25, -0.2) is 0 Å². The van der Waals surface area contributed by atoms with Gasteiger partial charge in [0.15, 0.2) is 17.3 Å². The maximum atomic E-state index is 14.0. The van der Waals surface area contributed by atoms with Gasteiger partial charge in [0, 0.05) is 41.1 Å². The van der Waals surface area contributed by atoms with Crippen molar-refractivity contribution in [3.63, 3.8) is 0 Å². The maximum Gasteiger partial charge on any atom is 0.254 e. The number of anilines is 1.